The van der Waals surface area contributed by atoms with Crippen molar-refractivity contribution in [3.8, 4) is 22.1 Å². The second kappa shape index (κ2) is 10.5. The second-order valence-corrected chi connectivity index (χ2v) is 10.5. The topological polar surface area (TPSA) is 109 Å². The van der Waals surface area contributed by atoms with Gasteiger partial charge in [-0.15, -0.1) is 11.3 Å². The summed E-state index contributed by atoms with van der Waals surface area (Å²) < 4.78 is 6.25. The van der Waals surface area contributed by atoms with E-state index in [9.17, 15) is 4.79 Å². The van der Waals surface area contributed by atoms with Gasteiger partial charge in [-0.1, -0.05) is 18.2 Å². The minimum absolute atomic E-state index is 0.149. The van der Waals surface area contributed by atoms with Crippen LogP contribution in [0.3, 0.4) is 0 Å². The van der Waals surface area contributed by atoms with Crippen molar-refractivity contribution < 1.29 is 9.53 Å². The van der Waals surface area contributed by atoms with Gasteiger partial charge in [0.25, 0.3) is 5.91 Å². The van der Waals surface area contributed by atoms with Crippen molar-refractivity contribution in [3.05, 3.63) is 77.6 Å². The van der Waals surface area contributed by atoms with Gasteiger partial charge in [-0.25, -0.2) is 4.98 Å². The summed E-state index contributed by atoms with van der Waals surface area (Å²) in [6, 6.07) is 15.8. The van der Waals surface area contributed by atoms with Crippen molar-refractivity contribution in [2.45, 2.75) is 25.4 Å². The standard InChI is InChI=1S/C28H29N7O2S/c1-18-25(37-20-5-3-2-4-6-20)8-7-22(26(18)35-14-13-34-12-10-21(29)24(34)16-35)32-27(36)23-17-38-28(33-23)19-9-11-30-31-15-19/h2-9,11,15,17,21,24H,10,12-14,16,29H2,1H3,(H,32,36)/t21-,24-/m0/s1. The van der Waals surface area contributed by atoms with E-state index in [1.54, 1.807) is 17.8 Å². The first-order chi connectivity index (χ1) is 18.6. The van der Waals surface area contributed by atoms with Crippen LogP contribution in [-0.2, 0) is 0 Å². The Hall–Kier alpha value is -3.86. The van der Waals surface area contributed by atoms with E-state index in [4.69, 9.17) is 10.5 Å². The Bertz CT molecular complexity index is 1430. The van der Waals surface area contributed by atoms with E-state index in [0.717, 1.165) is 71.6 Å². The lowest BCUT2D eigenvalue weighted by Crippen LogP contribution is -2.55. The van der Waals surface area contributed by atoms with E-state index in [1.807, 2.05) is 55.5 Å². The molecule has 0 aliphatic carbocycles. The lowest BCUT2D eigenvalue weighted by Gasteiger charge is -2.41. The fraction of sp³-hybridized carbons (Fsp3) is 0.286. The molecule has 2 aromatic carbocycles. The predicted octanol–water partition coefficient (Wildman–Crippen LogP) is 4.17. The minimum atomic E-state index is -0.261. The lowest BCUT2D eigenvalue weighted by atomic mass is 10.0. The number of thiazole rings is 1. The van der Waals surface area contributed by atoms with Crippen LogP contribution >= 0.6 is 11.3 Å². The number of hydrogen-bond acceptors (Lipinski definition) is 9. The van der Waals surface area contributed by atoms with E-state index >= 15 is 0 Å². The molecule has 2 saturated heterocycles. The van der Waals surface area contributed by atoms with E-state index in [1.165, 1.54) is 11.3 Å². The number of para-hydroxylation sites is 1. The highest BCUT2D eigenvalue weighted by Crippen LogP contribution is 2.40. The summed E-state index contributed by atoms with van der Waals surface area (Å²) in [5.74, 6) is 1.26. The number of carbonyl (C=O) groups excluding carboxylic acids is 1. The van der Waals surface area contributed by atoms with Gasteiger partial charge in [-0.2, -0.15) is 10.2 Å². The summed E-state index contributed by atoms with van der Waals surface area (Å²) in [6.45, 7) is 5.66. The van der Waals surface area contributed by atoms with Crippen molar-refractivity contribution >= 4 is 28.6 Å². The fourth-order valence-electron chi connectivity index (χ4n) is 5.27. The zero-order valence-electron chi connectivity index (χ0n) is 21.1. The van der Waals surface area contributed by atoms with Crippen LogP contribution in [0, 0.1) is 6.92 Å². The van der Waals surface area contributed by atoms with Crippen LogP contribution in [0.2, 0.25) is 0 Å². The van der Waals surface area contributed by atoms with Crippen LogP contribution in [0.25, 0.3) is 10.6 Å². The number of fused-ring (bicyclic) bond motifs is 1. The molecular weight excluding hydrogens is 498 g/mol. The Morgan fingerprint density at radius 2 is 1.97 bits per heavy atom. The number of anilines is 2. The van der Waals surface area contributed by atoms with Crippen molar-refractivity contribution in [1.29, 1.82) is 0 Å². The highest BCUT2D eigenvalue weighted by atomic mass is 32.1. The Morgan fingerprint density at radius 3 is 2.79 bits per heavy atom. The summed E-state index contributed by atoms with van der Waals surface area (Å²) in [5.41, 5.74) is 10.3. The summed E-state index contributed by atoms with van der Waals surface area (Å²) in [4.78, 5) is 22.7. The zero-order valence-corrected chi connectivity index (χ0v) is 21.9. The number of nitrogens with one attached hydrogen (secondary N) is 1. The van der Waals surface area contributed by atoms with Crippen LogP contribution in [0.4, 0.5) is 11.4 Å². The van der Waals surface area contributed by atoms with Gasteiger partial charge in [0.2, 0.25) is 0 Å². The third-order valence-corrected chi connectivity index (χ3v) is 8.15. The summed E-state index contributed by atoms with van der Waals surface area (Å²) in [7, 11) is 0. The minimum Gasteiger partial charge on any atom is -0.457 e. The monoisotopic (exact) mass is 527 g/mol. The summed E-state index contributed by atoms with van der Waals surface area (Å²) in [5, 5.41) is 13.3. The summed E-state index contributed by atoms with van der Waals surface area (Å²) >= 11 is 1.40. The molecule has 6 rings (SSSR count). The first-order valence-electron chi connectivity index (χ1n) is 12.7. The molecule has 38 heavy (non-hydrogen) atoms. The first-order valence-corrected chi connectivity index (χ1v) is 13.6. The van der Waals surface area contributed by atoms with Gasteiger partial charge < -0.3 is 20.7 Å². The van der Waals surface area contributed by atoms with Crippen molar-refractivity contribution in [2.24, 2.45) is 5.73 Å². The van der Waals surface area contributed by atoms with E-state index in [0.29, 0.717) is 11.7 Å². The number of ether oxygens (including phenoxy) is 1. The number of benzene rings is 2. The average molecular weight is 528 g/mol. The molecule has 3 N–H and O–H groups in total. The van der Waals surface area contributed by atoms with Gasteiger partial charge in [0.1, 0.15) is 22.2 Å². The molecule has 2 aliphatic rings. The first kappa shape index (κ1) is 24.5. The lowest BCUT2D eigenvalue weighted by molar-refractivity contribution is 0.102. The molecule has 4 aromatic rings. The molecule has 2 fully saturated rings. The molecule has 0 radical (unpaired) electrons. The molecule has 0 spiro atoms. The molecule has 2 aromatic heterocycles. The van der Waals surface area contributed by atoms with Crippen LogP contribution in [0.15, 0.2) is 66.3 Å². The van der Waals surface area contributed by atoms with Crippen molar-refractivity contribution in [2.75, 3.05) is 36.4 Å². The quantitative estimate of drug-likeness (QED) is 0.385. The number of aromatic nitrogens is 3. The maximum absolute atomic E-state index is 13.3. The van der Waals surface area contributed by atoms with Gasteiger partial charge >= 0.3 is 0 Å². The normalized spacial score (nSPS) is 19.3. The molecule has 10 heteroatoms. The molecule has 2 atom stereocenters. The maximum atomic E-state index is 13.3. The highest BCUT2D eigenvalue weighted by Gasteiger charge is 2.37. The number of piperazine rings is 1. The van der Waals surface area contributed by atoms with Crippen molar-refractivity contribution in [3.63, 3.8) is 0 Å². The number of amides is 1. The SMILES string of the molecule is Cc1c(Oc2ccccc2)ccc(NC(=O)c2csc(-c3ccnnc3)n2)c1N1CCN2CC[C@H](N)[C@@H]2C1. The number of nitrogens with two attached hydrogens (primary N) is 1. The van der Waals surface area contributed by atoms with E-state index < -0.39 is 0 Å². The molecule has 2 aliphatic heterocycles. The smallest absolute Gasteiger partial charge is 0.275 e. The van der Waals surface area contributed by atoms with Crippen LogP contribution in [0.1, 0.15) is 22.5 Å². The molecule has 0 bridgehead atoms. The third kappa shape index (κ3) is 4.85. The molecule has 0 unspecified atom stereocenters. The third-order valence-electron chi connectivity index (χ3n) is 7.26. The Morgan fingerprint density at radius 1 is 1.11 bits per heavy atom. The highest BCUT2D eigenvalue weighted by molar-refractivity contribution is 7.13. The molecule has 4 heterocycles. The van der Waals surface area contributed by atoms with Gasteiger partial charge in [0.15, 0.2) is 0 Å². The molecule has 0 saturated carbocycles. The fourth-order valence-corrected chi connectivity index (χ4v) is 6.06. The van der Waals surface area contributed by atoms with Crippen LogP contribution in [0.5, 0.6) is 11.5 Å². The number of hydrogen-bond donors (Lipinski definition) is 2. The second-order valence-electron chi connectivity index (χ2n) is 9.62. The van der Waals surface area contributed by atoms with Gasteiger partial charge in [-0.05, 0) is 43.7 Å². The zero-order chi connectivity index (χ0) is 26.1. The maximum Gasteiger partial charge on any atom is 0.275 e. The largest absolute Gasteiger partial charge is 0.457 e. The Labute approximate surface area is 225 Å². The molecule has 9 nitrogen and oxygen atoms in total. The molecular formula is C28H29N7O2S. The van der Waals surface area contributed by atoms with Crippen LogP contribution < -0.4 is 20.7 Å². The number of nitrogens with zero attached hydrogens (tertiary/aromatic N) is 5. The van der Waals surface area contributed by atoms with Gasteiger partial charge in [-0.3, -0.25) is 9.69 Å². The molecule has 194 valence electrons. The van der Waals surface area contributed by atoms with E-state index in [2.05, 4.69) is 30.3 Å². The Balaban J connectivity index is 1.31. The summed E-state index contributed by atoms with van der Waals surface area (Å²) in [6.07, 6.45) is 4.26. The van der Waals surface area contributed by atoms with Gasteiger partial charge in [0.05, 0.1) is 23.8 Å². The molecule has 1 amide bonds. The predicted molar refractivity (Wildman–Crippen MR) is 149 cm³/mol. The average Bonchev–Trinajstić information content (AvgIpc) is 3.59. The van der Waals surface area contributed by atoms with Crippen molar-refractivity contribution in [1.82, 2.24) is 20.1 Å². The Kier molecular flexibility index (Phi) is 6.75. The number of rotatable bonds is 6. The number of carbonyl (C=O) groups is 1. The van der Waals surface area contributed by atoms with Crippen LogP contribution in [-0.4, -0.2) is 64.3 Å². The van der Waals surface area contributed by atoms with E-state index in [-0.39, 0.29) is 11.9 Å². The van der Waals surface area contributed by atoms with Gasteiger partial charge in [0, 0.05) is 54.8 Å².